The van der Waals surface area contributed by atoms with Crippen LogP contribution in [0.3, 0.4) is 0 Å². The molecular formula is C14H29NO3. The van der Waals surface area contributed by atoms with Gasteiger partial charge in [-0.15, -0.1) is 0 Å². The number of aliphatic hydroxyl groups excluding tert-OH is 1. The molecule has 0 aromatic heterocycles. The summed E-state index contributed by atoms with van der Waals surface area (Å²) in [5.41, 5.74) is -0.139. The minimum Gasteiger partial charge on any atom is -0.468 e. The maximum absolute atomic E-state index is 11.7. The van der Waals surface area contributed by atoms with Crippen molar-refractivity contribution in [3.63, 3.8) is 0 Å². The standard InChI is InChI=1S/C14H29NO3/c1-6-11(4)12(13(17)18-5)15-9-14(7-2,8-3)10-16/h11-12,15-16H,6-10H2,1-5H3. The molecule has 0 radical (unpaired) electrons. The van der Waals surface area contributed by atoms with Gasteiger partial charge in [0.05, 0.1) is 7.11 Å². The fraction of sp³-hybridized carbons (Fsp3) is 0.929. The van der Waals surface area contributed by atoms with E-state index in [4.69, 9.17) is 4.74 Å². The maximum Gasteiger partial charge on any atom is 0.323 e. The zero-order chi connectivity index (χ0) is 14.2. The molecule has 0 aromatic carbocycles. The number of hydrogen-bond donors (Lipinski definition) is 2. The lowest BCUT2D eigenvalue weighted by molar-refractivity contribution is -0.144. The van der Waals surface area contributed by atoms with Crippen molar-refractivity contribution in [1.82, 2.24) is 5.32 Å². The topological polar surface area (TPSA) is 58.6 Å². The summed E-state index contributed by atoms with van der Waals surface area (Å²) in [6.45, 7) is 9.01. The first-order valence-corrected chi connectivity index (χ1v) is 6.92. The SMILES string of the molecule is CCC(C)C(NCC(CC)(CC)CO)C(=O)OC. The van der Waals surface area contributed by atoms with Crippen molar-refractivity contribution >= 4 is 5.97 Å². The van der Waals surface area contributed by atoms with Crippen molar-refractivity contribution in [2.75, 3.05) is 20.3 Å². The van der Waals surface area contributed by atoms with Crippen molar-refractivity contribution in [2.24, 2.45) is 11.3 Å². The molecule has 0 amide bonds. The van der Waals surface area contributed by atoms with E-state index in [0.29, 0.717) is 6.54 Å². The minimum atomic E-state index is -0.288. The molecule has 0 aliphatic heterocycles. The molecule has 0 fully saturated rings. The zero-order valence-corrected chi connectivity index (χ0v) is 12.5. The number of carbonyl (C=O) groups is 1. The highest BCUT2D eigenvalue weighted by Crippen LogP contribution is 2.25. The van der Waals surface area contributed by atoms with E-state index in [1.807, 2.05) is 6.92 Å². The van der Waals surface area contributed by atoms with E-state index in [9.17, 15) is 9.90 Å². The third kappa shape index (κ3) is 4.58. The van der Waals surface area contributed by atoms with Crippen molar-refractivity contribution in [3.8, 4) is 0 Å². The van der Waals surface area contributed by atoms with Crippen molar-refractivity contribution < 1.29 is 14.6 Å². The molecular weight excluding hydrogens is 230 g/mol. The Hall–Kier alpha value is -0.610. The van der Waals surface area contributed by atoms with Gasteiger partial charge >= 0.3 is 5.97 Å². The molecule has 0 aliphatic carbocycles. The summed E-state index contributed by atoms with van der Waals surface area (Å²) >= 11 is 0. The highest BCUT2D eigenvalue weighted by molar-refractivity contribution is 5.75. The van der Waals surface area contributed by atoms with E-state index < -0.39 is 0 Å². The van der Waals surface area contributed by atoms with Crippen LogP contribution in [0.4, 0.5) is 0 Å². The Morgan fingerprint density at radius 2 is 1.89 bits per heavy atom. The lowest BCUT2D eigenvalue weighted by Gasteiger charge is -2.32. The summed E-state index contributed by atoms with van der Waals surface area (Å²) in [5.74, 6) is 0.00551. The van der Waals surface area contributed by atoms with Gasteiger partial charge in [-0.1, -0.05) is 34.1 Å². The van der Waals surface area contributed by atoms with Gasteiger partial charge in [-0.25, -0.2) is 0 Å². The lowest BCUT2D eigenvalue weighted by Crippen LogP contribution is -2.48. The highest BCUT2D eigenvalue weighted by atomic mass is 16.5. The van der Waals surface area contributed by atoms with E-state index in [-0.39, 0.29) is 30.0 Å². The fourth-order valence-corrected chi connectivity index (χ4v) is 1.99. The van der Waals surface area contributed by atoms with Gasteiger partial charge in [0.25, 0.3) is 0 Å². The van der Waals surface area contributed by atoms with Gasteiger partial charge in [0.15, 0.2) is 0 Å². The van der Waals surface area contributed by atoms with Crippen LogP contribution in [0.2, 0.25) is 0 Å². The van der Waals surface area contributed by atoms with Gasteiger partial charge in [0, 0.05) is 18.6 Å². The van der Waals surface area contributed by atoms with Crippen LogP contribution >= 0.6 is 0 Å². The summed E-state index contributed by atoms with van der Waals surface area (Å²) in [4.78, 5) is 11.7. The molecule has 4 heteroatoms. The number of hydrogen-bond acceptors (Lipinski definition) is 4. The summed E-state index contributed by atoms with van der Waals surface area (Å²) in [5, 5.41) is 12.8. The van der Waals surface area contributed by atoms with Crippen molar-refractivity contribution in [2.45, 2.75) is 53.0 Å². The quantitative estimate of drug-likeness (QED) is 0.622. The number of methoxy groups -OCH3 is 1. The number of ether oxygens (including phenoxy) is 1. The predicted molar refractivity (Wildman–Crippen MR) is 73.4 cm³/mol. The predicted octanol–water partition coefficient (Wildman–Crippen LogP) is 1.96. The fourth-order valence-electron chi connectivity index (χ4n) is 1.99. The van der Waals surface area contributed by atoms with Crippen LogP contribution < -0.4 is 5.32 Å². The maximum atomic E-state index is 11.7. The molecule has 2 atom stereocenters. The summed E-state index contributed by atoms with van der Waals surface area (Å²) in [7, 11) is 1.42. The van der Waals surface area contributed by atoms with Crippen LogP contribution in [0.5, 0.6) is 0 Å². The van der Waals surface area contributed by atoms with Crippen LogP contribution in [0.15, 0.2) is 0 Å². The first kappa shape index (κ1) is 17.4. The summed E-state index contributed by atoms with van der Waals surface area (Å²) in [6, 6.07) is -0.288. The number of aliphatic hydroxyl groups is 1. The van der Waals surface area contributed by atoms with Crippen molar-refractivity contribution in [1.29, 1.82) is 0 Å². The molecule has 0 spiro atoms. The second kappa shape index (κ2) is 8.48. The Balaban J connectivity index is 4.64. The molecule has 0 saturated heterocycles. The third-order valence-electron chi connectivity index (χ3n) is 4.20. The Morgan fingerprint density at radius 1 is 1.33 bits per heavy atom. The molecule has 18 heavy (non-hydrogen) atoms. The number of nitrogens with one attached hydrogen (secondary N) is 1. The van der Waals surface area contributed by atoms with Crippen LogP contribution in [-0.4, -0.2) is 37.4 Å². The first-order chi connectivity index (χ1) is 8.50. The van der Waals surface area contributed by atoms with Crippen LogP contribution in [0.1, 0.15) is 47.0 Å². The molecule has 0 saturated carbocycles. The van der Waals surface area contributed by atoms with Crippen LogP contribution in [0, 0.1) is 11.3 Å². The molecule has 0 rings (SSSR count). The molecule has 2 unspecified atom stereocenters. The average Bonchev–Trinajstić information content (AvgIpc) is 2.43. The van der Waals surface area contributed by atoms with Gasteiger partial charge < -0.3 is 15.2 Å². The van der Waals surface area contributed by atoms with Gasteiger partial charge in [-0.3, -0.25) is 4.79 Å². The second-order valence-corrected chi connectivity index (χ2v) is 5.13. The summed E-state index contributed by atoms with van der Waals surface area (Å²) < 4.78 is 4.84. The highest BCUT2D eigenvalue weighted by Gasteiger charge is 2.30. The molecule has 0 heterocycles. The van der Waals surface area contributed by atoms with E-state index in [1.54, 1.807) is 0 Å². The Morgan fingerprint density at radius 3 is 2.22 bits per heavy atom. The third-order valence-corrected chi connectivity index (χ3v) is 4.20. The Kier molecular flexibility index (Phi) is 8.20. The van der Waals surface area contributed by atoms with Gasteiger partial charge in [0.1, 0.15) is 6.04 Å². The van der Waals surface area contributed by atoms with Gasteiger partial charge in [0.2, 0.25) is 0 Å². The van der Waals surface area contributed by atoms with E-state index in [0.717, 1.165) is 19.3 Å². The molecule has 0 aliphatic rings. The lowest BCUT2D eigenvalue weighted by atomic mass is 9.82. The van der Waals surface area contributed by atoms with Gasteiger partial charge in [-0.2, -0.15) is 0 Å². The van der Waals surface area contributed by atoms with Crippen LogP contribution in [0.25, 0.3) is 0 Å². The molecule has 0 bridgehead atoms. The Bertz CT molecular complexity index is 231. The normalized spacial score (nSPS) is 15.2. The number of esters is 1. The molecule has 4 nitrogen and oxygen atoms in total. The zero-order valence-electron chi connectivity index (χ0n) is 12.5. The molecule has 0 aromatic rings. The average molecular weight is 259 g/mol. The van der Waals surface area contributed by atoms with Crippen molar-refractivity contribution in [3.05, 3.63) is 0 Å². The van der Waals surface area contributed by atoms with Crippen LogP contribution in [-0.2, 0) is 9.53 Å². The van der Waals surface area contributed by atoms with E-state index >= 15 is 0 Å². The molecule has 2 N–H and O–H groups in total. The van der Waals surface area contributed by atoms with E-state index in [2.05, 4.69) is 26.1 Å². The second-order valence-electron chi connectivity index (χ2n) is 5.13. The largest absolute Gasteiger partial charge is 0.468 e. The molecule has 108 valence electrons. The van der Waals surface area contributed by atoms with Gasteiger partial charge in [-0.05, 0) is 18.8 Å². The number of carbonyl (C=O) groups excluding carboxylic acids is 1. The number of rotatable bonds is 9. The summed E-state index contributed by atoms with van der Waals surface area (Å²) in [6.07, 6.45) is 2.69. The Labute approximate surface area is 111 Å². The smallest absolute Gasteiger partial charge is 0.323 e. The monoisotopic (exact) mass is 259 g/mol. The first-order valence-electron chi connectivity index (χ1n) is 6.92. The van der Waals surface area contributed by atoms with E-state index in [1.165, 1.54) is 7.11 Å². The minimum absolute atomic E-state index is 0.139.